The first-order valence-electron chi connectivity index (χ1n) is 5.68. The van der Waals surface area contributed by atoms with Crippen molar-refractivity contribution in [3.63, 3.8) is 0 Å². The molecule has 3 nitrogen and oxygen atoms in total. The van der Waals surface area contributed by atoms with Crippen molar-refractivity contribution in [1.82, 2.24) is 9.36 Å². The van der Waals surface area contributed by atoms with E-state index in [2.05, 4.69) is 42.7 Å². The van der Waals surface area contributed by atoms with E-state index in [0.29, 0.717) is 0 Å². The number of nitrogens with zero attached hydrogens (tertiary/aromatic N) is 2. The predicted octanol–water partition coefficient (Wildman–Crippen LogP) is 4.64. The molecule has 0 fully saturated rings. The zero-order chi connectivity index (χ0) is 13.1. The molecule has 0 saturated carbocycles. The van der Waals surface area contributed by atoms with Gasteiger partial charge in [0, 0.05) is 22.0 Å². The predicted molar refractivity (Wildman–Crippen MR) is 84.7 cm³/mol. The Morgan fingerprint density at radius 1 is 1.11 bits per heavy atom. The second kappa shape index (κ2) is 5.81. The van der Waals surface area contributed by atoms with Crippen LogP contribution in [0, 0.1) is 0 Å². The molecule has 0 saturated heterocycles. The van der Waals surface area contributed by atoms with Crippen molar-refractivity contribution in [2.24, 2.45) is 0 Å². The molecule has 19 heavy (non-hydrogen) atoms. The number of hydrogen-bond acceptors (Lipinski definition) is 5. The summed E-state index contributed by atoms with van der Waals surface area (Å²) in [6.07, 6.45) is 0. The first-order valence-corrected chi connectivity index (χ1v) is 8.07. The topological polar surface area (TPSA) is 37.8 Å². The zero-order valence-corrected chi connectivity index (χ0v) is 13.1. The molecule has 3 rings (SSSR count). The third kappa shape index (κ3) is 3.20. The summed E-state index contributed by atoms with van der Waals surface area (Å²) in [6, 6.07) is 14.2. The van der Waals surface area contributed by atoms with Crippen LogP contribution < -0.4 is 5.32 Å². The fraction of sp³-hybridized carbons (Fsp3) is 0.0769. The van der Waals surface area contributed by atoms with Crippen LogP contribution in [0.1, 0.15) is 4.88 Å². The maximum atomic E-state index is 4.49. The van der Waals surface area contributed by atoms with Gasteiger partial charge in [-0.25, -0.2) is 0 Å². The zero-order valence-electron chi connectivity index (χ0n) is 9.84. The van der Waals surface area contributed by atoms with Gasteiger partial charge >= 0.3 is 0 Å². The SMILES string of the molecule is Brc1ccc(CNc2nc(-c3ccccc3)ns2)s1. The second-order valence-corrected chi connectivity index (χ2v) is 7.15. The summed E-state index contributed by atoms with van der Waals surface area (Å²) in [5, 5.41) is 4.15. The minimum Gasteiger partial charge on any atom is -0.355 e. The molecule has 2 aromatic heterocycles. The lowest BCUT2D eigenvalue weighted by molar-refractivity contribution is 1.17. The maximum absolute atomic E-state index is 4.49. The molecule has 0 amide bonds. The van der Waals surface area contributed by atoms with E-state index >= 15 is 0 Å². The van der Waals surface area contributed by atoms with Gasteiger partial charge in [0.2, 0.25) is 5.13 Å². The Kier molecular flexibility index (Phi) is 3.91. The van der Waals surface area contributed by atoms with Gasteiger partial charge in [-0.3, -0.25) is 0 Å². The van der Waals surface area contributed by atoms with Crippen molar-refractivity contribution < 1.29 is 0 Å². The van der Waals surface area contributed by atoms with Crippen molar-refractivity contribution in [2.45, 2.75) is 6.54 Å². The van der Waals surface area contributed by atoms with Crippen LogP contribution in [0.4, 0.5) is 5.13 Å². The van der Waals surface area contributed by atoms with E-state index < -0.39 is 0 Å². The number of hydrogen-bond donors (Lipinski definition) is 1. The summed E-state index contributed by atoms with van der Waals surface area (Å²) in [4.78, 5) is 5.76. The molecular weight excluding hydrogens is 342 g/mol. The van der Waals surface area contributed by atoms with E-state index in [1.807, 2.05) is 30.3 Å². The maximum Gasteiger partial charge on any atom is 0.203 e. The first kappa shape index (κ1) is 12.8. The average Bonchev–Trinajstić information content (AvgIpc) is 3.06. The molecule has 3 aromatic rings. The number of halogens is 1. The number of benzene rings is 1. The van der Waals surface area contributed by atoms with Gasteiger partial charge in [-0.15, -0.1) is 11.3 Å². The van der Waals surface area contributed by atoms with Crippen molar-refractivity contribution in [1.29, 1.82) is 0 Å². The fourth-order valence-corrected chi connectivity index (χ4v) is 3.62. The summed E-state index contributed by atoms with van der Waals surface area (Å²) >= 11 is 6.57. The first-order chi connectivity index (χ1) is 9.31. The molecule has 0 unspecified atom stereocenters. The van der Waals surface area contributed by atoms with E-state index in [4.69, 9.17) is 0 Å². The minimum atomic E-state index is 0.777. The minimum absolute atomic E-state index is 0.777. The van der Waals surface area contributed by atoms with Crippen molar-refractivity contribution in [2.75, 3.05) is 5.32 Å². The Labute approximate surface area is 127 Å². The smallest absolute Gasteiger partial charge is 0.203 e. The van der Waals surface area contributed by atoms with Crippen LogP contribution in [0.3, 0.4) is 0 Å². The van der Waals surface area contributed by atoms with Gasteiger partial charge in [-0.1, -0.05) is 30.3 Å². The van der Waals surface area contributed by atoms with Crippen molar-refractivity contribution >= 4 is 43.9 Å². The number of nitrogens with one attached hydrogen (secondary N) is 1. The van der Waals surface area contributed by atoms with Crippen LogP contribution in [-0.2, 0) is 6.54 Å². The van der Waals surface area contributed by atoms with Crippen LogP contribution in [0.25, 0.3) is 11.4 Å². The molecule has 0 bridgehead atoms. The van der Waals surface area contributed by atoms with E-state index in [1.165, 1.54) is 16.4 Å². The molecule has 96 valence electrons. The number of aromatic nitrogens is 2. The Morgan fingerprint density at radius 2 is 1.95 bits per heavy atom. The lowest BCUT2D eigenvalue weighted by Gasteiger charge is -1.98. The molecular formula is C13H10BrN3S2. The summed E-state index contributed by atoms with van der Waals surface area (Å²) in [6.45, 7) is 0.777. The van der Waals surface area contributed by atoms with Crippen molar-refractivity contribution in [3.05, 3.63) is 51.1 Å². The number of thiophene rings is 1. The standard InChI is InChI=1S/C13H10BrN3S2/c14-11-7-6-10(18-11)8-15-13-16-12(17-19-13)9-4-2-1-3-5-9/h1-7H,8H2,(H,15,16,17). The normalized spacial score (nSPS) is 10.6. The Bertz CT molecular complexity index is 663. The van der Waals surface area contributed by atoms with E-state index in [0.717, 1.165) is 26.9 Å². The molecule has 0 aliphatic rings. The van der Waals surface area contributed by atoms with E-state index in [9.17, 15) is 0 Å². The summed E-state index contributed by atoms with van der Waals surface area (Å²) in [5.74, 6) is 0.778. The average molecular weight is 352 g/mol. The molecule has 6 heteroatoms. The molecule has 1 N–H and O–H groups in total. The highest BCUT2D eigenvalue weighted by molar-refractivity contribution is 9.11. The van der Waals surface area contributed by atoms with Crippen LogP contribution in [0.5, 0.6) is 0 Å². The molecule has 1 aromatic carbocycles. The fourth-order valence-electron chi connectivity index (χ4n) is 1.61. The highest BCUT2D eigenvalue weighted by Crippen LogP contribution is 2.24. The molecule has 0 atom stereocenters. The van der Waals surface area contributed by atoms with Crippen LogP contribution in [0.2, 0.25) is 0 Å². The Hall–Kier alpha value is -1.24. The van der Waals surface area contributed by atoms with Gasteiger partial charge < -0.3 is 5.32 Å². The number of rotatable bonds is 4. The third-order valence-corrected chi connectivity index (χ3v) is 4.80. The van der Waals surface area contributed by atoms with Gasteiger partial charge in [-0.05, 0) is 28.1 Å². The summed E-state index contributed by atoms with van der Waals surface area (Å²) in [5.41, 5.74) is 1.05. The van der Waals surface area contributed by atoms with Gasteiger partial charge in [0.05, 0.1) is 10.3 Å². The summed E-state index contributed by atoms with van der Waals surface area (Å²) in [7, 11) is 0. The van der Waals surface area contributed by atoms with E-state index in [-0.39, 0.29) is 0 Å². The molecule has 0 radical (unpaired) electrons. The third-order valence-electron chi connectivity index (χ3n) is 2.50. The quantitative estimate of drug-likeness (QED) is 0.743. The Balaban J connectivity index is 1.68. The van der Waals surface area contributed by atoms with Crippen LogP contribution >= 0.6 is 38.8 Å². The van der Waals surface area contributed by atoms with E-state index in [1.54, 1.807) is 11.3 Å². The number of anilines is 1. The van der Waals surface area contributed by atoms with Gasteiger partial charge in [0.1, 0.15) is 0 Å². The summed E-state index contributed by atoms with van der Waals surface area (Å²) < 4.78 is 5.51. The van der Waals surface area contributed by atoms with Gasteiger partial charge in [0.25, 0.3) is 0 Å². The van der Waals surface area contributed by atoms with Crippen LogP contribution in [-0.4, -0.2) is 9.36 Å². The molecule has 0 aliphatic carbocycles. The molecule has 0 spiro atoms. The van der Waals surface area contributed by atoms with Crippen LogP contribution in [0.15, 0.2) is 46.3 Å². The lowest BCUT2D eigenvalue weighted by atomic mass is 10.2. The lowest BCUT2D eigenvalue weighted by Crippen LogP contribution is -1.96. The second-order valence-electron chi connectivity index (χ2n) is 3.85. The van der Waals surface area contributed by atoms with Gasteiger partial charge in [0.15, 0.2) is 5.82 Å². The molecule has 2 heterocycles. The highest BCUT2D eigenvalue weighted by atomic mass is 79.9. The van der Waals surface area contributed by atoms with Crippen molar-refractivity contribution in [3.8, 4) is 11.4 Å². The Morgan fingerprint density at radius 3 is 2.68 bits per heavy atom. The van der Waals surface area contributed by atoms with Gasteiger partial charge in [-0.2, -0.15) is 9.36 Å². The molecule has 0 aliphatic heterocycles. The monoisotopic (exact) mass is 351 g/mol. The highest BCUT2D eigenvalue weighted by Gasteiger charge is 2.06. The largest absolute Gasteiger partial charge is 0.355 e.